The van der Waals surface area contributed by atoms with Gasteiger partial charge in [0.15, 0.2) is 0 Å². The van der Waals surface area contributed by atoms with Crippen LogP contribution in [-0.2, 0) is 24.4 Å². The zero-order chi connectivity index (χ0) is 27.5. The largest absolute Gasteiger partial charge is 0.495 e. The lowest BCUT2D eigenvalue weighted by Gasteiger charge is -2.47. The molecule has 2 unspecified atom stereocenters. The van der Waals surface area contributed by atoms with Gasteiger partial charge in [-0.05, 0) is 18.1 Å². The minimum absolute atomic E-state index is 0.152. The fraction of sp³-hybridized carbons (Fsp3) is 0.516. The van der Waals surface area contributed by atoms with Crippen molar-refractivity contribution in [2.45, 2.75) is 38.5 Å². The Bertz CT molecular complexity index is 1270. The molecular formula is C31H43N7O2+2. The Balaban J connectivity index is 0.998. The third-order valence-corrected chi connectivity index (χ3v) is 9.21. The Labute approximate surface area is 237 Å². The first-order chi connectivity index (χ1) is 19.6. The van der Waals surface area contributed by atoms with E-state index in [0.717, 1.165) is 88.9 Å². The second kappa shape index (κ2) is 12.0. The molecule has 0 radical (unpaired) electrons. The van der Waals surface area contributed by atoms with E-state index in [2.05, 4.69) is 69.8 Å². The monoisotopic (exact) mass is 545 g/mol. The van der Waals surface area contributed by atoms with Gasteiger partial charge < -0.3 is 24.3 Å². The number of methoxy groups -OCH3 is 1. The number of ether oxygens (including phenoxy) is 1. The molecule has 0 saturated carbocycles. The number of aromatic nitrogens is 3. The van der Waals surface area contributed by atoms with E-state index in [-0.39, 0.29) is 5.92 Å². The van der Waals surface area contributed by atoms with Crippen LogP contribution in [0.2, 0.25) is 0 Å². The van der Waals surface area contributed by atoms with Gasteiger partial charge in [-0.3, -0.25) is 4.79 Å². The minimum Gasteiger partial charge on any atom is -0.495 e. The van der Waals surface area contributed by atoms with Crippen molar-refractivity contribution >= 4 is 11.6 Å². The molecule has 0 aliphatic carbocycles. The average Bonchev–Trinajstić information content (AvgIpc) is 3.43. The zero-order valence-electron chi connectivity index (χ0n) is 23.8. The van der Waals surface area contributed by atoms with E-state index in [9.17, 15) is 4.79 Å². The van der Waals surface area contributed by atoms with E-state index >= 15 is 0 Å². The summed E-state index contributed by atoms with van der Waals surface area (Å²) in [7, 11) is 3.92. The number of hydrogen-bond acceptors (Lipinski definition) is 5. The zero-order valence-corrected chi connectivity index (χ0v) is 23.8. The molecule has 212 valence electrons. The van der Waals surface area contributed by atoms with Gasteiger partial charge in [0.05, 0.1) is 51.6 Å². The van der Waals surface area contributed by atoms with E-state index in [1.54, 1.807) is 12.0 Å². The number of para-hydroxylation sites is 2. The van der Waals surface area contributed by atoms with Crippen molar-refractivity contribution in [3.8, 4) is 5.75 Å². The first-order valence-electron chi connectivity index (χ1n) is 14.8. The molecule has 4 aliphatic heterocycles. The van der Waals surface area contributed by atoms with Gasteiger partial charge in [0, 0.05) is 44.6 Å². The number of carbonyl (C=O) groups excluding carboxylic acids is 1. The molecule has 9 heteroatoms. The van der Waals surface area contributed by atoms with Crippen molar-refractivity contribution in [2.75, 3.05) is 58.3 Å². The first kappa shape index (κ1) is 26.8. The number of rotatable bonds is 9. The predicted octanol–water partition coefficient (Wildman–Crippen LogP) is 0.144. The molecule has 1 amide bonds. The Kier molecular flexibility index (Phi) is 8.02. The quantitative estimate of drug-likeness (QED) is 0.401. The highest BCUT2D eigenvalue weighted by atomic mass is 16.5. The van der Waals surface area contributed by atoms with Gasteiger partial charge in [0.25, 0.3) is 0 Å². The van der Waals surface area contributed by atoms with Gasteiger partial charge in [-0.15, -0.1) is 5.10 Å². The van der Waals surface area contributed by atoms with Crippen LogP contribution in [0.15, 0.2) is 60.8 Å². The molecule has 3 aromatic rings. The molecule has 40 heavy (non-hydrogen) atoms. The lowest BCUT2D eigenvalue weighted by Crippen LogP contribution is -3.20. The summed E-state index contributed by atoms with van der Waals surface area (Å²) in [6.45, 7) is 8.08. The van der Waals surface area contributed by atoms with Gasteiger partial charge in [0.2, 0.25) is 5.91 Å². The number of carbonyl (C=O) groups is 1. The molecule has 7 rings (SSSR count). The maximum Gasteiger partial charge on any atom is 0.231 e. The molecule has 2 bridgehead atoms. The molecule has 4 saturated heterocycles. The summed E-state index contributed by atoms with van der Waals surface area (Å²) in [6, 6.07) is 19.3. The van der Waals surface area contributed by atoms with Gasteiger partial charge in [-0.1, -0.05) is 47.7 Å². The number of anilines is 1. The van der Waals surface area contributed by atoms with Gasteiger partial charge in [-0.2, -0.15) is 0 Å². The van der Waals surface area contributed by atoms with Crippen molar-refractivity contribution in [3.05, 3.63) is 72.1 Å². The molecule has 4 aliphatic rings. The molecule has 4 fully saturated rings. The second-order valence-electron chi connectivity index (χ2n) is 11.9. The van der Waals surface area contributed by atoms with Crippen molar-refractivity contribution < 1.29 is 19.3 Å². The van der Waals surface area contributed by atoms with Gasteiger partial charge >= 0.3 is 0 Å². The first-order valence-corrected chi connectivity index (χ1v) is 14.8. The fourth-order valence-electron chi connectivity index (χ4n) is 7.14. The van der Waals surface area contributed by atoms with Gasteiger partial charge in [-0.25, -0.2) is 4.68 Å². The summed E-state index contributed by atoms with van der Waals surface area (Å²) in [4.78, 5) is 21.1. The number of amides is 1. The van der Waals surface area contributed by atoms with Crippen molar-refractivity contribution in [1.29, 1.82) is 0 Å². The smallest absolute Gasteiger partial charge is 0.231 e. The summed E-state index contributed by atoms with van der Waals surface area (Å²) >= 11 is 0. The molecule has 2 N–H and O–H groups in total. The number of benzene rings is 2. The van der Waals surface area contributed by atoms with Crippen LogP contribution in [-0.4, -0.2) is 85.3 Å². The molecule has 9 nitrogen and oxygen atoms in total. The summed E-state index contributed by atoms with van der Waals surface area (Å²) in [6.07, 6.45) is 4.38. The standard InChI is InChI=1S/C31H41N7O2/c1-34(19-24-8-4-3-5-9-24)20-26-21-38(33-32-26)22-27-18-25-12-13-37(27)23-28(25)31(39)36-16-14-35(15-17-36)29-10-6-7-11-30(29)40-2/h3-11,21,25,27-28H,12-20,22-23H2,1-2H3/p+2/t25-,27+,28-/m0/s1. The maximum atomic E-state index is 13.7. The highest BCUT2D eigenvalue weighted by Gasteiger charge is 2.48. The van der Waals surface area contributed by atoms with E-state index < -0.39 is 0 Å². The number of piperidine rings is 3. The van der Waals surface area contributed by atoms with Crippen LogP contribution in [0, 0.1) is 11.8 Å². The van der Waals surface area contributed by atoms with Crippen molar-refractivity contribution in [1.82, 2.24) is 19.9 Å². The summed E-state index contributed by atoms with van der Waals surface area (Å²) in [5.41, 5.74) is 3.50. The molecule has 2 aromatic carbocycles. The average molecular weight is 546 g/mol. The fourth-order valence-corrected chi connectivity index (χ4v) is 7.14. The molecule has 0 spiro atoms. The number of fused-ring (bicyclic) bond motifs is 3. The molecule has 5 heterocycles. The van der Waals surface area contributed by atoms with E-state index in [4.69, 9.17) is 4.74 Å². The van der Waals surface area contributed by atoms with Crippen LogP contribution in [0.1, 0.15) is 24.1 Å². The van der Waals surface area contributed by atoms with Crippen LogP contribution in [0.25, 0.3) is 0 Å². The lowest BCUT2D eigenvalue weighted by molar-refractivity contribution is -0.945. The van der Waals surface area contributed by atoms with E-state index in [1.165, 1.54) is 10.5 Å². The summed E-state index contributed by atoms with van der Waals surface area (Å²) < 4.78 is 7.60. The minimum atomic E-state index is 0.152. The van der Waals surface area contributed by atoms with E-state index in [0.29, 0.717) is 17.9 Å². The topological polar surface area (TPSA) is 72.4 Å². The second-order valence-corrected chi connectivity index (χ2v) is 11.9. The van der Waals surface area contributed by atoms with Crippen LogP contribution in [0.3, 0.4) is 0 Å². The highest BCUT2D eigenvalue weighted by molar-refractivity contribution is 5.80. The van der Waals surface area contributed by atoms with Gasteiger partial charge in [0.1, 0.15) is 30.6 Å². The summed E-state index contributed by atoms with van der Waals surface area (Å²) in [5, 5.41) is 8.96. The summed E-state index contributed by atoms with van der Waals surface area (Å²) in [5.74, 6) is 1.90. The van der Waals surface area contributed by atoms with Crippen LogP contribution >= 0.6 is 0 Å². The SMILES string of the molecule is COc1ccccc1N1CCN(C(=O)[C@H]2C[NH+]3CC[C@H]2C[C@@H]3Cn2cc(C[NH+](C)Cc3ccccc3)nn2)CC1. The Hall–Kier alpha value is -3.43. The number of nitrogens with zero attached hydrogens (tertiary/aromatic N) is 5. The number of nitrogens with one attached hydrogen (secondary N) is 2. The van der Waals surface area contributed by atoms with E-state index in [1.807, 2.05) is 22.9 Å². The van der Waals surface area contributed by atoms with Crippen LogP contribution in [0.4, 0.5) is 5.69 Å². The number of quaternary nitrogens is 2. The lowest BCUT2D eigenvalue weighted by atomic mass is 9.75. The third-order valence-electron chi connectivity index (χ3n) is 9.21. The Morgan fingerprint density at radius 3 is 2.58 bits per heavy atom. The number of hydrogen-bond donors (Lipinski definition) is 2. The molecular weight excluding hydrogens is 502 g/mol. The number of piperazine rings is 1. The normalized spacial score (nSPS) is 25.1. The molecule has 5 atom stereocenters. The van der Waals surface area contributed by atoms with Crippen LogP contribution in [0.5, 0.6) is 5.75 Å². The highest BCUT2D eigenvalue weighted by Crippen LogP contribution is 2.31. The molecule has 1 aromatic heterocycles. The van der Waals surface area contributed by atoms with Crippen molar-refractivity contribution in [3.63, 3.8) is 0 Å². The predicted molar refractivity (Wildman–Crippen MR) is 153 cm³/mol. The Morgan fingerprint density at radius 2 is 1.82 bits per heavy atom. The Morgan fingerprint density at radius 1 is 1.05 bits per heavy atom. The van der Waals surface area contributed by atoms with Crippen molar-refractivity contribution in [2.24, 2.45) is 11.8 Å². The van der Waals surface area contributed by atoms with Crippen LogP contribution < -0.4 is 19.4 Å². The third kappa shape index (κ3) is 5.86. The maximum absolute atomic E-state index is 13.7.